The van der Waals surface area contributed by atoms with Crippen molar-refractivity contribution in [3.63, 3.8) is 0 Å². The van der Waals surface area contributed by atoms with Gasteiger partial charge in [0.25, 0.3) is 0 Å². The van der Waals surface area contributed by atoms with E-state index < -0.39 is 5.97 Å². The first-order valence-electron chi connectivity index (χ1n) is 4.42. The molecule has 0 spiro atoms. The molecule has 0 aliphatic rings. The summed E-state index contributed by atoms with van der Waals surface area (Å²) in [5.41, 5.74) is 3.19. The van der Waals surface area contributed by atoms with E-state index in [0.29, 0.717) is 5.69 Å². The quantitative estimate of drug-likeness (QED) is 0.747. The van der Waals surface area contributed by atoms with Crippen LogP contribution in [0.3, 0.4) is 0 Å². The summed E-state index contributed by atoms with van der Waals surface area (Å²) < 4.78 is 1.72. The standard InChI is InChI=1S/C11H11NO2/c1-7-8(2)10(11(13)14)12-6-4-3-5-9(7)12/h3-6H,1-2H3,(H,13,14). The lowest BCUT2D eigenvalue weighted by atomic mass is 10.1. The average molecular weight is 189 g/mol. The van der Waals surface area contributed by atoms with Gasteiger partial charge in [-0.25, -0.2) is 4.79 Å². The van der Waals surface area contributed by atoms with Crippen molar-refractivity contribution in [2.75, 3.05) is 0 Å². The number of rotatable bonds is 1. The Balaban J connectivity index is 2.95. The highest BCUT2D eigenvalue weighted by atomic mass is 16.4. The third-order valence-electron chi connectivity index (χ3n) is 2.61. The number of hydrogen-bond acceptors (Lipinski definition) is 1. The monoisotopic (exact) mass is 189 g/mol. The molecular weight excluding hydrogens is 178 g/mol. The molecule has 0 bridgehead atoms. The molecule has 0 fully saturated rings. The maximum atomic E-state index is 11.0. The van der Waals surface area contributed by atoms with E-state index in [1.54, 1.807) is 10.6 Å². The molecule has 0 atom stereocenters. The van der Waals surface area contributed by atoms with Crippen LogP contribution in [0.5, 0.6) is 0 Å². The van der Waals surface area contributed by atoms with Crippen molar-refractivity contribution in [2.45, 2.75) is 13.8 Å². The Morgan fingerprint density at radius 3 is 2.64 bits per heavy atom. The number of aryl methyl sites for hydroxylation is 1. The minimum absolute atomic E-state index is 0.359. The van der Waals surface area contributed by atoms with Gasteiger partial charge in [0, 0.05) is 11.7 Å². The van der Waals surface area contributed by atoms with E-state index in [1.165, 1.54) is 0 Å². The molecule has 2 heterocycles. The van der Waals surface area contributed by atoms with Crippen LogP contribution in [0.2, 0.25) is 0 Å². The fourth-order valence-corrected chi connectivity index (χ4v) is 1.76. The first-order chi connectivity index (χ1) is 6.63. The SMILES string of the molecule is Cc1c(C)c2ccccn2c1C(=O)O. The number of aromatic nitrogens is 1. The van der Waals surface area contributed by atoms with Crippen molar-refractivity contribution in [1.82, 2.24) is 4.40 Å². The van der Waals surface area contributed by atoms with Crippen molar-refractivity contribution >= 4 is 11.5 Å². The van der Waals surface area contributed by atoms with Gasteiger partial charge in [0.2, 0.25) is 0 Å². The number of hydrogen-bond donors (Lipinski definition) is 1. The topological polar surface area (TPSA) is 41.7 Å². The first-order valence-corrected chi connectivity index (χ1v) is 4.42. The second-order valence-corrected chi connectivity index (χ2v) is 3.36. The van der Waals surface area contributed by atoms with Crippen LogP contribution >= 0.6 is 0 Å². The second-order valence-electron chi connectivity index (χ2n) is 3.36. The van der Waals surface area contributed by atoms with E-state index in [-0.39, 0.29) is 0 Å². The predicted octanol–water partition coefficient (Wildman–Crippen LogP) is 2.25. The van der Waals surface area contributed by atoms with Crippen LogP contribution in [0.4, 0.5) is 0 Å². The summed E-state index contributed by atoms with van der Waals surface area (Å²) in [7, 11) is 0. The molecule has 0 unspecified atom stereocenters. The number of carboxylic acid groups (broad SMARTS) is 1. The minimum atomic E-state index is -0.878. The van der Waals surface area contributed by atoms with Crippen LogP contribution in [0.15, 0.2) is 24.4 Å². The van der Waals surface area contributed by atoms with Crippen molar-refractivity contribution in [3.8, 4) is 0 Å². The van der Waals surface area contributed by atoms with Gasteiger partial charge in [-0.3, -0.25) is 0 Å². The molecule has 2 aromatic heterocycles. The Morgan fingerprint density at radius 1 is 1.29 bits per heavy atom. The summed E-state index contributed by atoms with van der Waals surface area (Å²) in [6.07, 6.45) is 1.78. The maximum Gasteiger partial charge on any atom is 0.353 e. The van der Waals surface area contributed by atoms with Gasteiger partial charge in [-0.05, 0) is 37.1 Å². The summed E-state index contributed by atoms with van der Waals surface area (Å²) in [4.78, 5) is 11.0. The Bertz CT molecular complexity index is 511. The molecule has 2 aromatic rings. The molecule has 1 N–H and O–H groups in total. The number of carboxylic acids is 1. The lowest BCUT2D eigenvalue weighted by Crippen LogP contribution is -2.02. The fraction of sp³-hybridized carbons (Fsp3) is 0.182. The van der Waals surface area contributed by atoms with Gasteiger partial charge in [0.15, 0.2) is 0 Å². The van der Waals surface area contributed by atoms with E-state index >= 15 is 0 Å². The van der Waals surface area contributed by atoms with Crippen LogP contribution in [0.25, 0.3) is 5.52 Å². The molecule has 0 aliphatic carbocycles. The van der Waals surface area contributed by atoms with Gasteiger partial charge in [-0.15, -0.1) is 0 Å². The second kappa shape index (κ2) is 2.87. The largest absolute Gasteiger partial charge is 0.477 e. The molecule has 72 valence electrons. The first kappa shape index (κ1) is 8.81. The van der Waals surface area contributed by atoms with Gasteiger partial charge >= 0.3 is 5.97 Å². The summed E-state index contributed by atoms with van der Waals surface area (Å²) in [5.74, 6) is -0.878. The lowest BCUT2D eigenvalue weighted by Gasteiger charge is -1.97. The Morgan fingerprint density at radius 2 is 2.00 bits per heavy atom. The summed E-state index contributed by atoms with van der Waals surface area (Å²) in [6, 6.07) is 5.67. The van der Waals surface area contributed by atoms with E-state index in [0.717, 1.165) is 16.6 Å². The smallest absolute Gasteiger partial charge is 0.353 e. The zero-order valence-electron chi connectivity index (χ0n) is 8.11. The van der Waals surface area contributed by atoms with Crippen molar-refractivity contribution in [2.24, 2.45) is 0 Å². The zero-order valence-corrected chi connectivity index (χ0v) is 8.11. The molecule has 0 saturated heterocycles. The summed E-state index contributed by atoms with van der Waals surface area (Å²) in [6.45, 7) is 3.78. The minimum Gasteiger partial charge on any atom is -0.477 e. The molecule has 0 radical (unpaired) electrons. The van der Waals surface area contributed by atoms with Gasteiger partial charge in [0.05, 0.1) is 0 Å². The van der Waals surface area contributed by atoms with E-state index in [9.17, 15) is 4.79 Å². The summed E-state index contributed by atoms with van der Waals surface area (Å²) >= 11 is 0. The highest BCUT2D eigenvalue weighted by Crippen LogP contribution is 2.21. The van der Waals surface area contributed by atoms with Crippen LogP contribution < -0.4 is 0 Å². The predicted molar refractivity (Wildman–Crippen MR) is 53.8 cm³/mol. The van der Waals surface area contributed by atoms with E-state index in [2.05, 4.69) is 0 Å². The number of pyridine rings is 1. The van der Waals surface area contributed by atoms with Crippen LogP contribution in [0.1, 0.15) is 21.6 Å². The Hall–Kier alpha value is -1.77. The van der Waals surface area contributed by atoms with E-state index in [4.69, 9.17) is 5.11 Å². The zero-order chi connectivity index (χ0) is 10.3. The van der Waals surface area contributed by atoms with Crippen molar-refractivity contribution < 1.29 is 9.90 Å². The molecule has 2 rings (SSSR count). The fourth-order valence-electron chi connectivity index (χ4n) is 1.76. The van der Waals surface area contributed by atoms with Crippen LogP contribution in [-0.4, -0.2) is 15.5 Å². The molecule has 0 amide bonds. The van der Waals surface area contributed by atoms with Gasteiger partial charge in [-0.2, -0.15) is 0 Å². The molecule has 3 nitrogen and oxygen atoms in total. The molecule has 0 aromatic carbocycles. The third-order valence-corrected chi connectivity index (χ3v) is 2.61. The average Bonchev–Trinajstić information content (AvgIpc) is 2.41. The number of fused-ring (bicyclic) bond motifs is 1. The molecule has 3 heteroatoms. The normalized spacial score (nSPS) is 10.7. The van der Waals surface area contributed by atoms with Crippen LogP contribution in [0, 0.1) is 13.8 Å². The Kier molecular flexibility index (Phi) is 1.81. The van der Waals surface area contributed by atoms with Crippen molar-refractivity contribution in [3.05, 3.63) is 41.2 Å². The summed E-state index contributed by atoms with van der Waals surface area (Å²) in [5, 5.41) is 9.06. The maximum absolute atomic E-state index is 11.0. The molecule has 0 saturated carbocycles. The Labute approximate surface area is 81.6 Å². The van der Waals surface area contributed by atoms with Crippen LogP contribution in [-0.2, 0) is 0 Å². The number of nitrogens with zero attached hydrogens (tertiary/aromatic N) is 1. The van der Waals surface area contributed by atoms with Gasteiger partial charge in [0.1, 0.15) is 5.69 Å². The third kappa shape index (κ3) is 1.02. The van der Waals surface area contributed by atoms with Gasteiger partial charge < -0.3 is 9.51 Å². The van der Waals surface area contributed by atoms with Gasteiger partial charge in [-0.1, -0.05) is 6.07 Å². The molecule has 14 heavy (non-hydrogen) atoms. The van der Waals surface area contributed by atoms with E-state index in [1.807, 2.05) is 32.0 Å². The highest BCUT2D eigenvalue weighted by molar-refractivity contribution is 5.90. The highest BCUT2D eigenvalue weighted by Gasteiger charge is 2.16. The number of carbonyl (C=O) groups is 1. The van der Waals surface area contributed by atoms with Crippen molar-refractivity contribution in [1.29, 1.82) is 0 Å². The molecule has 0 aliphatic heterocycles. The molecular formula is C11H11NO2. The lowest BCUT2D eigenvalue weighted by molar-refractivity contribution is 0.0688. The number of aromatic carboxylic acids is 1.